The largest absolute Gasteiger partial charge is 0.450 e. The van der Waals surface area contributed by atoms with Gasteiger partial charge < -0.3 is 14.5 Å². The molecule has 5 nitrogen and oxygen atoms in total. The Morgan fingerprint density at radius 3 is 2.91 bits per heavy atom. The second-order valence-electron chi connectivity index (χ2n) is 6.61. The van der Waals surface area contributed by atoms with E-state index in [0.717, 1.165) is 53.3 Å². The lowest BCUT2D eigenvalue weighted by Crippen LogP contribution is -2.35. The molecule has 118 valence electrons. The van der Waals surface area contributed by atoms with Crippen LogP contribution in [0, 0.1) is 5.92 Å². The predicted molar refractivity (Wildman–Crippen MR) is 88.4 cm³/mol. The lowest BCUT2D eigenvalue weighted by atomic mass is 10.00. The van der Waals surface area contributed by atoms with Crippen molar-refractivity contribution in [1.82, 2.24) is 9.97 Å². The van der Waals surface area contributed by atoms with Gasteiger partial charge in [-0.25, -0.2) is 9.97 Å². The maximum atomic E-state index is 5.99. The summed E-state index contributed by atoms with van der Waals surface area (Å²) in [6.07, 6.45) is 6.72. The number of aromatic nitrogens is 2. The minimum Gasteiger partial charge on any atom is -0.450 e. The molecular weight excluding hydrogens is 290 g/mol. The van der Waals surface area contributed by atoms with Crippen LogP contribution >= 0.6 is 0 Å². The summed E-state index contributed by atoms with van der Waals surface area (Å²) in [6.45, 7) is 0.827. The van der Waals surface area contributed by atoms with Crippen molar-refractivity contribution >= 4 is 27.9 Å². The minimum atomic E-state index is 0.390. The quantitative estimate of drug-likeness (QED) is 0.798. The second-order valence-corrected chi connectivity index (χ2v) is 6.61. The number of nitrogens with zero attached hydrogens (tertiary/aromatic N) is 2. The molecule has 0 radical (unpaired) electrons. The van der Waals surface area contributed by atoms with Gasteiger partial charge in [-0.1, -0.05) is 12.1 Å². The van der Waals surface area contributed by atoms with E-state index in [1.54, 1.807) is 6.33 Å². The van der Waals surface area contributed by atoms with Gasteiger partial charge in [-0.15, -0.1) is 0 Å². The van der Waals surface area contributed by atoms with Gasteiger partial charge in [-0.3, -0.25) is 0 Å². The van der Waals surface area contributed by atoms with Crippen molar-refractivity contribution in [3.63, 3.8) is 0 Å². The average Bonchev–Trinajstić information content (AvgIpc) is 3.37. The molecule has 0 amide bonds. The highest BCUT2D eigenvalue weighted by Gasteiger charge is 2.36. The fourth-order valence-corrected chi connectivity index (χ4v) is 3.58. The number of nitrogens with one attached hydrogen (secondary N) is 1. The molecule has 5 rings (SSSR count). The third kappa shape index (κ3) is 2.36. The molecule has 2 unspecified atom stereocenters. The normalized spacial score (nSPS) is 25.0. The molecule has 1 N–H and O–H groups in total. The van der Waals surface area contributed by atoms with E-state index in [-0.39, 0.29) is 0 Å². The van der Waals surface area contributed by atoms with E-state index in [1.807, 2.05) is 24.3 Å². The first-order valence-corrected chi connectivity index (χ1v) is 8.39. The van der Waals surface area contributed by atoms with Crippen molar-refractivity contribution < 1.29 is 9.15 Å². The van der Waals surface area contributed by atoms with Gasteiger partial charge in [0.1, 0.15) is 17.4 Å². The maximum Gasteiger partial charge on any atom is 0.196 e. The van der Waals surface area contributed by atoms with Crippen molar-refractivity contribution in [3.05, 3.63) is 30.6 Å². The Bertz CT molecular complexity index is 856. The van der Waals surface area contributed by atoms with E-state index in [9.17, 15) is 0 Å². The molecule has 1 aliphatic heterocycles. The van der Waals surface area contributed by atoms with Crippen molar-refractivity contribution in [3.8, 4) is 0 Å². The van der Waals surface area contributed by atoms with Crippen molar-refractivity contribution in [2.75, 3.05) is 11.9 Å². The highest BCUT2D eigenvalue weighted by atomic mass is 16.5. The molecule has 1 aromatic carbocycles. The molecule has 2 fully saturated rings. The summed E-state index contributed by atoms with van der Waals surface area (Å²) in [7, 11) is 0. The average molecular weight is 309 g/mol. The van der Waals surface area contributed by atoms with E-state index in [4.69, 9.17) is 9.15 Å². The van der Waals surface area contributed by atoms with Crippen molar-refractivity contribution in [2.24, 2.45) is 5.92 Å². The molecule has 2 aliphatic rings. The van der Waals surface area contributed by atoms with Gasteiger partial charge >= 0.3 is 0 Å². The molecule has 1 saturated carbocycles. The van der Waals surface area contributed by atoms with Crippen LogP contribution < -0.4 is 5.32 Å². The Hall–Kier alpha value is -2.14. The van der Waals surface area contributed by atoms with Gasteiger partial charge in [-0.2, -0.15) is 0 Å². The zero-order valence-electron chi connectivity index (χ0n) is 12.9. The smallest absolute Gasteiger partial charge is 0.196 e. The number of benzene rings is 1. The first-order valence-electron chi connectivity index (χ1n) is 8.39. The molecule has 1 saturated heterocycles. The molecule has 3 heterocycles. The zero-order chi connectivity index (χ0) is 15.2. The predicted octanol–water partition coefficient (Wildman–Crippen LogP) is 3.75. The van der Waals surface area contributed by atoms with Crippen LogP contribution in [-0.4, -0.2) is 28.7 Å². The van der Waals surface area contributed by atoms with E-state index >= 15 is 0 Å². The Morgan fingerprint density at radius 1 is 1.09 bits per heavy atom. The number of hydrogen-bond acceptors (Lipinski definition) is 5. The maximum absolute atomic E-state index is 5.99. The van der Waals surface area contributed by atoms with Crippen LogP contribution in [0.3, 0.4) is 0 Å². The van der Waals surface area contributed by atoms with Crippen LogP contribution in [0.5, 0.6) is 0 Å². The summed E-state index contributed by atoms with van der Waals surface area (Å²) in [4.78, 5) is 8.83. The molecular formula is C18H19N3O2. The standard InChI is InChI=1S/C18H19N3O2/c1-2-4-14-13(3-1)16-17(23-14)18(20-10-19-16)21-12-7-8-22-15(9-12)11-5-6-11/h1-4,10-12,15H,5-9H2,(H,19,20,21). The van der Waals surface area contributed by atoms with Crippen LogP contribution in [0.2, 0.25) is 0 Å². The van der Waals surface area contributed by atoms with Gasteiger partial charge in [0.15, 0.2) is 11.4 Å². The Labute approximate surface area is 134 Å². The molecule has 0 bridgehead atoms. The Morgan fingerprint density at radius 2 is 2.00 bits per heavy atom. The molecule has 3 aromatic rings. The fraction of sp³-hybridized carbons (Fsp3) is 0.444. The molecule has 0 spiro atoms. The number of anilines is 1. The van der Waals surface area contributed by atoms with Gasteiger partial charge in [0.05, 0.1) is 6.10 Å². The summed E-state index contributed by atoms with van der Waals surface area (Å²) in [5.74, 6) is 1.57. The van der Waals surface area contributed by atoms with Crippen LogP contribution in [0.25, 0.3) is 22.1 Å². The summed E-state index contributed by atoms with van der Waals surface area (Å²) in [6, 6.07) is 8.38. The number of rotatable bonds is 3. The van der Waals surface area contributed by atoms with E-state index in [1.165, 1.54) is 12.8 Å². The molecule has 1 aliphatic carbocycles. The third-order valence-electron chi connectivity index (χ3n) is 4.96. The molecule has 5 heteroatoms. The van der Waals surface area contributed by atoms with Gasteiger partial charge in [0, 0.05) is 18.0 Å². The number of para-hydroxylation sites is 1. The number of ether oxygens (including phenoxy) is 1. The fourth-order valence-electron chi connectivity index (χ4n) is 3.58. The van der Waals surface area contributed by atoms with Gasteiger partial charge in [0.25, 0.3) is 0 Å². The number of fused-ring (bicyclic) bond motifs is 3. The molecule has 2 aromatic heterocycles. The van der Waals surface area contributed by atoms with E-state index in [2.05, 4.69) is 15.3 Å². The first kappa shape index (κ1) is 13.3. The summed E-state index contributed by atoms with van der Waals surface area (Å²) in [5.41, 5.74) is 2.49. The van der Waals surface area contributed by atoms with E-state index in [0.29, 0.717) is 12.1 Å². The first-order chi connectivity index (χ1) is 11.4. The summed E-state index contributed by atoms with van der Waals surface area (Å²) in [5, 5.41) is 4.61. The van der Waals surface area contributed by atoms with Gasteiger partial charge in [0.2, 0.25) is 0 Å². The van der Waals surface area contributed by atoms with Crippen LogP contribution in [0.4, 0.5) is 5.82 Å². The Kier molecular flexibility index (Phi) is 3.01. The highest BCUT2D eigenvalue weighted by molar-refractivity contribution is 6.05. The topological polar surface area (TPSA) is 60.2 Å². The van der Waals surface area contributed by atoms with Crippen LogP contribution in [0.1, 0.15) is 25.7 Å². The van der Waals surface area contributed by atoms with Crippen molar-refractivity contribution in [1.29, 1.82) is 0 Å². The molecule has 2 atom stereocenters. The molecule has 23 heavy (non-hydrogen) atoms. The SMILES string of the molecule is c1ccc2c(c1)oc1c(NC3CCOC(C4CC4)C3)ncnc12. The van der Waals surface area contributed by atoms with Crippen molar-refractivity contribution in [2.45, 2.75) is 37.8 Å². The second kappa shape index (κ2) is 5.20. The lowest BCUT2D eigenvalue weighted by molar-refractivity contribution is -0.00222. The Balaban J connectivity index is 1.47. The zero-order valence-corrected chi connectivity index (χ0v) is 12.9. The monoisotopic (exact) mass is 309 g/mol. The van der Waals surface area contributed by atoms with Gasteiger partial charge in [-0.05, 0) is 43.7 Å². The lowest BCUT2D eigenvalue weighted by Gasteiger charge is -2.30. The minimum absolute atomic E-state index is 0.390. The van der Waals surface area contributed by atoms with Crippen LogP contribution in [-0.2, 0) is 4.74 Å². The van der Waals surface area contributed by atoms with E-state index < -0.39 is 0 Å². The highest BCUT2D eigenvalue weighted by Crippen LogP contribution is 2.39. The summed E-state index contributed by atoms with van der Waals surface area (Å²) >= 11 is 0. The third-order valence-corrected chi connectivity index (χ3v) is 4.96. The number of furan rings is 1. The number of hydrogen-bond donors (Lipinski definition) is 1. The van der Waals surface area contributed by atoms with Crippen LogP contribution in [0.15, 0.2) is 35.0 Å². The summed E-state index contributed by atoms with van der Waals surface area (Å²) < 4.78 is 11.9.